The van der Waals surface area contributed by atoms with Crippen molar-refractivity contribution in [3.63, 3.8) is 0 Å². The van der Waals surface area contributed by atoms with E-state index >= 15 is 0 Å². The Morgan fingerprint density at radius 3 is 2.70 bits per heavy atom. The third-order valence-corrected chi connectivity index (χ3v) is 5.08. The molecule has 1 aromatic carbocycles. The number of rotatable bonds is 4. The summed E-state index contributed by atoms with van der Waals surface area (Å²) < 4.78 is 18.9. The molecule has 0 aliphatic carbocycles. The summed E-state index contributed by atoms with van der Waals surface area (Å²) in [6, 6.07) is 3.85. The van der Waals surface area contributed by atoms with E-state index in [1.54, 1.807) is 13.8 Å². The molecule has 2 rings (SSSR count). The maximum atomic E-state index is 13.4. The summed E-state index contributed by atoms with van der Waals surface area (Å²) in [6.07, 6.45) is 0. The minimum atomic E-state index is -0.512. The first-order valence-corrected chi connectivity index (χ1v) is 8.49. The fraction of sp³-hybridized carbons (Fsp3) is 0.250. The number of aryl methyl sites for hydroxylation is 1. The minimum absolute atomic E-state index is 0.156. The Kier molecular flexibility index (Phi) is 5.54. The van der Waals surface area contributed by atoms with E-state index in [0.29, 0.717) is 15.0 Å². The second kappa shape index (κ2) is 7.23. The lowest BCUT2D eigenvalue weighted by molar-refractivity contribution is 0.0527. The quantitative estimate of drug-likeness (QED) is 0.758. The minimum Gasteiger partial charge on any atom is -0.462 e. The van der Waals surface area contributed by atoms with Crippen molar-refractivity contribution in [2.45, 2.75) is 20.8 Å². The van der Waals surface area contributed by atoms with Crippen molar-refractivity contribution in [2.75, 3.05) is 11.9 Å². The SMILES string of the molecule is CCOC(=O)c1c(NC(=O)c2cc(F)ccc2Br)sc(C)c1C. The Hall–Kier alpha value is -1.73. The molecule has 7 heteroatoms. The Labute approximate surface area is 145 Å². The molecule has 2 aromatic rings. The van der Waals surface area contributed by atoms with Gasteiger partial charge in [-0.25, -0.2) is 9.18 Å². The van der Waals surface area contributed by atoms with Gasteiger partial charge in [0.25, 0.3) is 5.91 Å². The van der Waals surface area contributed by atoms with E-state index in [1.165, 1.54) is 23.5 Å². The van der Waals surface area contributed by atoms with Gasteiger partial charge in [-0.2, -0.15) is 0 Å². The maximum absolute atomic E-state index is 13.4. The number of amides is 1. The van der Waals surface area contributed by atoms with Gasteiger partial charge in [0.15, 0.2) is 0 Å². The van der Waals surface area contributed by atoms with Gasteiger partial charge >= 0.3 is 5.97 Å². The highest BCUT2D eigenvalue weighted by Gasteiger charge is 2.23. The standard InChI is InChI=1S/C16H15BrFNO3S/c1-4-22-16(21)13-8(2)9(3)23-15(13)19-14(20)11-7-10(18)5-6-12(11)17/h5-7H,4H2,1-3H3,(H,19,20). The van der Waals surface area contributed by atoms with Crippen molar-refractivity contribution in [1.82, 2.24) is 0 Å². The molecule has 0 atom stereocenters. The summed E-state index contributed by atoms with van der Waals surface area (Å²) in [5, 5.41) is 3.08. The van der Waals surface area contributed by atoms with Crippen LogP contribution in [0.5, 0.6) is 0 Å². The van der Waals surface area contributed by atoms with Gasteiger partial charge in [-0.3, -0.25) is 4.79 Å². The monoisotopic (exact) mass is 399 g/mol. The van der Waals surface area contributed by atoms with E-state index in [0.717, 1.165) is 16.5 Å². The van der Waals surface area contributed by atoms with Crippen LogP contribution in [0.4, 0.5) is 9.39 Å². The molecule has 1 N–H and O–H groups in total. The number of esters is 1. The van der Waals surface area contributed by atoms with Gasteiger partial charge in [0.05, 0.1) is 17.7 Å². The molecule has 1 amide bonds. The molecule has 1 aromatic heterocycles. The van der Waals surface area contributed by atoms with Crippen LogP contribution in [0.25, 0.3) is 0 Å². The zero-order chi connectivity index (χ0) is 17.1. The van der Waals surface area contributed by atoms with Crippen LogP contribution in [0.15, 0.2) is 22.7 Å². The number of carbonyl (C=O) groups is 2. The highest BCUT2D eigenvalue weighted by atomic mass is 79.9. The molecule has 0 radical (unpaired) electrons. The number of hydrogen-bond donors (Lipinski definition) is 1. The number of thiophene rings is 1. The van der Waals surface area contributed by atoms with E-state index in [4.69, 9.17) is 4.74 Å². The Morgan fingerprint density at radius 1 is 1.35 bits per heavy atom. The van der Waals surface area contributed by atoms with Crippen LogP contribution < -0.4 is 5.32 Å². The van der Waals surface area contributed by atoms with E-state index in [2.05, 4.69) is 21.2 Å². The molecule has 0 saturated carbocycles. The van der Waals surface area contributed by atoms with Crippen molar-refractivity contribution >= 4 is 44.1 Å². The fourth-order valence-electron chi connectivity index (χ4n) is 2.01. The molecule has 1 heterocycles. The number of carbonyl (C=O) groups excluding carboxylic acids is 2. The first-order chi connectivity index (χ1) is 10.8. The first kappa shape index (κ1) is 17.6. The third-order valence-electron chi connectivity index (χ3n) is 3.26. The van der Waals surface area contributed by atoms with Crippen molar-refractivity contribution < 1.29 is 18.7 Å². The number of hydrogen-bond acceptors (Lipinski definition) is 4. The lowest BCUT2D eigenvalue weighted by atomic mass is 10.1. The Morgan fingerprint density at radius 2 is 2.04 bits per heavy atom. The van der Waals surface area contributed by atoms with E-state index in [-0.39, 0.29) is 12.2 Å². The summed E-state index contributed by atoms with van der Waals surface area (Å²) in [4.78, 5) is 25.4. The average Bonchev–Trinajstić information content (AvgIpc) is 2.76. The normalized spacial score (nSPS) is 10.5. The van der Waals surface area contributed by atoms with Gasteiger partial charge in [0.1, 0.15) is 10.8 Å². The zero-order valence-corrected chi connectivity index (χ0v) is 15.2. The average molecular weight is 400 g/mol. The summed E-state index contributed by atoms with van der Waals surface area (Å²) in [7, 11) is 0. The van der Waals surface area contributed by atoms with Crippen molar-refractivity contribution in [3.05, 3.63) is 50.1 Å². The zero-order valence-electron chi connectivity index (χ0n) is 12.8. The number of nitrogens with one attached hydrogen (secondary N) is 1. The molecular formula is C16H15BrFNO3S. The summed E-state index contributed by atoms with van der Waals surface area (Å²) >= 11 is 4.51. The van der Waals surface area contributed by atoms with E-state index in [1.807, 2.05) is 6.92 Å². The fourth-order valence-corrected chi connectivity index (χ4v) is 3.48. The number of benzene rings is 1. The maximum Gasteiger partial charge on any atom is 0.341 e. The second-order valence-electron chi connectivity index (χ2n) is 4.79. The first-order valence-electron chi connectivity index (χ1n) is 6.88. The molecule has 23 heavy (non-hydrogen) atoms. The van der Waals surface area contributed by atoms with Crippen molar-refractivity contribution in [1.29, 1.82) is 0 Å². The van der Waals surface area contributed by atoms with Gasteiger partial charge in [-0.1, -0.05) is 0 Å². The van der Waals surface area contributed by atoms with Crippen LogP contribution in [-0.2, 0) is 4.74 Å². The Balaban J connectivity index is 2.36. The summed E-state index contributed by atoms with van der Waals surface area (Å²) in [6.45, 7) is 5.62. The predicted molar refractivity (Wildman–Crippen MR) is 91.8 cm³/mol. The Bertz CT molecular complexity index is 773. The van der Waals surface area contributed by atoms with Crippen LogP contribution in [-0.4, -0.2) is 18.5 Å². The van der Waals surface area contributed by atoms with Crippen LogP contribution in [0.2, 0.25) is 0 Å². The van der Waals surface area contributed by atoms with Gasteiger partial charge in [0, 0.05) is 9.35 Å². The predicted octanol–water partition coefficient (Wildman–Crippen LogP) is 4.70. The molecule has 0 spiro atoms. The highest BCUT2D eigenvalue weighted by Crippen LogP contribution is 2.33. The van der Waals surface area contributed by atoms with E-state index < -0.39 is 17.7 Å². The molecule has 4 nitrogen and oxygen atoms in total. The number of ether oxygens (including phenoxy) is 1. The largest absolute Gasteiger partial charge is 0.462 e. The number of anilines is 1. The van der Waals surface area contributed by atoms with Gasteiger partial charge < -0.3 is 10.1 Å². The van der Waals surface area contributed by atoms with Crippen LogP contribution in [0.1, 0.15) is 38.1 Å². The molecule has 0 bridgehead atoms. The number of halogens is 2. The lowest BCUT2D eigenvalue weighted by Gasteiger charge is -2.08. The van der Waals surface area contributed by atoms with Gasteiger partial charge in [-0.05, 0) is 60.5 Å². The highest BCUT2D eigenvalue weighted by molar-refractivity contribution is 9.10. The third kappa shape index (κ3) is 3.79. The molecule has 0 saturated heterocycles. The molecule has 122 valence electrons. The van der Waals surface area contributed by atoms with Crippen molar-refractivity contribution in [2.24, 2.45) is 0 Å². The topological polar surface area (TPSA) is 55.4 Å². The summed E-state index contributed by atoms with van der Waals surface area (Å²) in [5.41, 5.74) is 1.26. The molecule has 0 fully saturated rings. The van der Waals surface area contributed by atoms with Crippen LogP contribution in [0.3, 0.4) is 0 Å². The van der Waals surface area contributed by atoms with Crippen LogP contribution in [0, 0.1) is 19.7 Å². The molecule has 0 unspecified atom stereocenters. The molecular weight excluding hydrogens is 385 g/mol. The smallest absolute Gasteiger partial charge is 0.341 e. The van der Waals surface area contributed by atoms with Crippen LogP contribution >= 0.6 is 27.3 Å². The lowest BCUT2D eigenvalue weighted by Crippen LogP contribution is -2.15. The summed E-state index contributed by atoms with van der Waals surface area (Å²) in [5.74, 6) is -1.49. The molecule has 0 aliphatic heterocycles. The van der Waals surface area contributed by atoms with Gasteiger partial charge in [-0.15, -0.1) is 11.3 Å². The van der Waals surface area contributed by atoms with E-state index in [9.17, 15) is 14.0 Å². The van der Waals surface area contributed by atoms with Gasteiger partial charge in [0.2, 0.25) is 0 Å². The van der Waals surface area contributed by atoms with Crippen molar-refractivity contribution in [3.8, 4) is 0 Å². The molecule has 0 aliphatic rings. The second-order valence-corrected chi connectivity index (χ2v) is 6.87.